The maximum Gasteiger partial charge on any atom is 0.253 e. The predicted molar refractivity (Wildman–Crippen MR) is 123 cm³/mol. The summed E-state index contributed by atoms with van der Waals surface area (Å²) in [6, 6.07) is 14.2. The van der Waals surface area contributed by atoms with Crippen molar-refractivity contribution in [2.24, 2.45) is 4.99 Å². The number of hydrogen-bond acceptors (Lipinski definition) is 2. The van der Waals surface area contributed by atoms with Gasteiger partial charge in [-0.2, -0.15) is 0 Å². The normalized spacial score (nSPS) is 10.8. The van der Waals surface area contributed by atoms with Crippen LogP contribution in [0.25, 0.3) is 0 Å². The van der Waals surface area contributed by atoms with Gasteiger partial charge in [-0.25, -0.2) is 4.39 Å². The van der Waals surface area contributed by atoms with E-state index in [9.17, 15) is 9.18 Å². The molecule has 28 heavy (non-hydrogen) atoms. The maximum atomic E-state index is 13.3. The Morgan fingerprint density at radius 2 is 1.75 bits per heavy atom. The van der Waals surface area contributed by atoms with Gasteiger partial charge in [0.15, 0.2) is 5.96 Å². The van der Waals surface area contributed by atoms with Crippen LogP contribution in [0.5, 0.6) is 0 Å². The van der Waals surface area contributed by atoms with E-state index in [-0.39, 0.29) is 35.7 Å². The summed E-state index contributed by atoms with van der Waals surface area (Å²) in [6.45, 7) is 1.24. The van der Waals surface area contributed by atoms with Crippen molar-refractivity contribution in [1.82, 2.24) is 15.1 Å². The lowest BCUT2D eigenvalue weighted by Gasteiger charge is -2.22. The van der Waals surface area contributed by atoms with Gasteiger partial charge in [0.05, 0.1) is 0 Å². The highest BCUT2D eigenvalue weighted by atomic mass is 127. The smallest absolute Gasteiger partial charge is 0.253 e. The number of carbonyl (C=O) groups is 1. The molecule has 0 aliphatic carbocycles. The number of nitrogens with zero attached hydrogens (tertiary/aromatic N) is 3. The van der Waals surface area contributed by atoms with Crippen molar-refractivity contribution < 1.29 is 9.18 Å². The first-order chi connectivity index (χ1) is 12.9. The SMILES string of the molecule is CN=C(NCCc1cccc(C(=O)N(C)C)c1)N(C)Cc1cccc(F)c1.I. The molecule has 0 atom stereocenters. The van der Waals surface area contributed by atoms with E-state index in [0.29, 0.717) is 18.7 Å². The largest absolute Gasteiger partial charge is 0.356 e. The number of rotatable bonds is 6. The van der Waals surface area contributed by atoms with Gasteiger partial charge in [-0.15, -0.1) is 24.0 Å². The lowest BCUT2D eigenvalue weighted by Crippen LogP contribution is -2.39. The topological polar surface area (TPSA) is 47.9 Å². The van der Waals surface area contributed by atoms with Crippen molar-refractivity contribution in [3.05, 3.63) is 71.0 Å². The molecule has 0 bridgehead atoms. The summed E-state index contributed by atoms with van der Waals surface area (Å²) in [4.78, 5) is 19.9. The molecule has 1 amide bonds. The lowest BCUT2D eigenvalue weighted by atomic mass is 10.1. The zero-order valence-electron chi connectivity index (χ0n) is 16.8. The first-order valence-corrected chi connectivity index (χ1v) is 8.87. The third kappa shape index (κ3) is 7.10. The summed E-state index contributed by atoms with van der Waals surface area (Å²) in [5.41, 5.74) is 2.65. The average Bonchev–Trinajstić information content (AvgIpc) is 2.64. The zero-order chi connectivity index (χ0) is 19.8. The van der Waals surface area contributed by atoms with Crippen LogP contribution in [-0.2, 0) is 13.0 Å². The number of benzene rings is 2. The Bertz CT molecular complexity index is 810. The summed E-state index contributed by atoms with van der Waals surface area (Å²) >= 11 is 0. The van der Waals surface area contributed by atoms with Crippen LogP contribution in [-0.4, -0.2) is 56.4 Å². The fraction of sp³-hybridized carbons (Fsp3) is 0.333. The summed E-state index contributed by atoms with van der Waals surface area (Å²) in [5.74, 6) is 0.492. The highest BCUT2D eigenvalue weighted by Gasteiger charge is 2.09. The molecular weight excluding hydrogens is 470 g/mol. The number of amides is 1. The van der Waals surface area contributed by atoms with E-state index in [1.165, 1.54) is 12.1 Å². The van der Waals surface area contributed by atoms with E-state index in [1.54, 1.807) is 32.1 Å². The summed E-state index contributed by atoms with van der Waals surface area (Å²) in [6.07, 6.45) is 0.765. The maximum absolute atomic E-state index is 13.3. The standard InChI is InChI=1S/C21H27FN4O.HI/c1-23-21(26(4)15-17-8-6-10-19(22)14-17)24-12-11-16-7-5-9-18(13-16)20(27)25(2)3;/h5-10,13-14H,11-12,15H2,1-4H3,(H,23,24);1H. The Labute approximate surface area is 183 Å². The van der Waals surface area contributed by atoms with Crippen LogP contribution >= 0.6 is 24.0 Å². The molecule has 0 saturated carbocycles. The van der Waals surface area contributed by atoms with Crippen LogP contribution in [0, 0.1) is 5.82 Å². The molecule has 0 saturated heterocycles. The van der Waals surface area contributed by atoms with Crippen molar-refractivity contribution in [2.75, 3.05) is 34.7 Å². The van der Waals surface area contributed by atoms with Crippen LogP contribution in [0.15, 0.2) is 53.5 Å². The average molecular weight is 498 g/mol. The molecule has 1 N–H and O–H groups in total. The molecule has 0 aliphatic heterocycles. The number of guanidine groups is 1. The fourth-order valence-corrected chi connectivity index (χ4v) is 2.81. The first kappa shape index (κ1) is 23.9. The van der Waals surface area contributed by atoms with Gasteiger partial charge < -0.3 is 15.1 Å². The Morgan fingerprint density at radius 3 is 2.39 bits per heavy atom. The van der Waals surface area contributed by atoms with Gasteiger partial charge >= 0.3 is 0 Å². The molecule has 0 unspecified atom stereocenters. The minimum Gasteiger partial charge on any atom is -0.356 e. The molecule has 2 rings (SSSR count). The van der Waals surface area contributed by atoms with Crippen LogP contribution < -0.4 is 5.32 Å². The van der Waals surface area contributed by atoms with Gasteiger partial charge in [-0.3, -0.25) is 9.79 Å². The number of carbonyl (C=O) groups excluding carboxylic acids is 1. The molecule has 0 spiro atoms. The first-order valence-electron chi connectivity index (χ1n) is 8.87. The van der Waals surface area contributed by atoms with Crippen LogP contribution in [0.3, 0.4) is 0 Å². The van der Waals surface area contributed by atoms with Crippen molar-refractivity contribution in [2.45, 2.75) is 13.0 Å². The van der Waals surface area contributed by atoms with Gasteiger partial charge in [0.1, 0.15) is 5.82 Å². The molecule has 5 nitrogen and oxygen atoms in total. The van der Waals surface area contributed by atoms with Gasteiger partial charge in [-0.05, 0) is 41.8 Å². The van der Waals surface area contributed by atoms with Crippen LogP contribution in [0.4, 0.5) is 4.39 Å². The summed E-state index contributed by atoms with van der Waals surface area (Å²) in [7, 11) is 7.13. The molecule has 152 valence electrons. The van der Waals surface area contributed by atoms with Gasteiger partial charge in [-0.1, -0.05) is 24.3 Å². The Kier molecular flexibility index (Phi) is 9.92. The van der Waals surface area contributed by atoms with Crippen molar-refractivity contribution in [3.63, 3.8) is 0 Å². The molecule has 0 radical (unpaired) electrons. The lowest BCUT2D eigenvalue weighted by molar-refractivity contribution is 0.0827. The zero-order valence-corrected chi connectivity index (χ0v) is 19.1. The second-order valence-corrected chi connectivity index (χ2v) is 6.61. The highest BCUT2D eigenvalue weighted by molar-refractivity contribution is 14.0. The molecule has 0 aliphatic rings. The van der Waals surface area contributed by atoms with E-state index in [1.807, 2.05) is 42.3 Å². The quantitative estimate of drug-likeness (QED) is 0.378. The molecule has 0 fully saturated rings. The Morgan fingerprint density at radius 1 is 1.07 bits per heavy atom. The number of hydrogen-bond donors (Lipinski definition) is 1. The van der Waals surface area contributed by atoms with E-state index >= 15 is 0 Å². The second-order valence-electron chi connectivity index (χ2n) is 6.61. The number of aliphatic imine (C=N–C) groups is 1. The number of halogens is 2. The predicted octanol–water partition coefficient (Wildman–Crippen LogP) is 3.40. The Hall–Kier alpha value is -2.16. The highest BCUT2D eigenvalue weighted by Crippen LogP contribution is 2.09. The molecule has 2 aromatic rings. The third-order valence-corrected chi connectivity index (χ3v) is 4.16. The molecule has 0 aromatic heterocycles. The van der Waals surface area contributed by atoms with Crippen molar-refractivity contribution >= 4 is 35.8 Å². The second kappa shape index (κ2) is 11.6. The molecule has 2 aromatic carbocycles. The minimum atomic E-state index is -0.240. The Balaban J connectivity index is 0.00000392. The van der Waals surface area contributed by atoms with E-state index < -0.39 is 0 Å². The van der Waals surface area contributed by atoms with E-state index in [2.05, 4.69) is 10.3 Å². The van der Waals surface area contributed by atoms with Gasteiger partial charge in [0, 0.05) is 46.8 Å². The summed E-state index contributed by atoms with van der Waals surface area (Å²) in [5, 5.41) is 3.31. The van der Waals surface area contributed by atoms with Crippen molar-refractivity contribution in [3.8, 4) is 0 Å². The van der Waals surface area contributed by atoms with E-state index in [0.717, 1.165) is 23.5 Å². The van der Waals surface area contributed by atoms with Gasteiger partial charge in [0.2, 0.25) is 0 Å². The molecule has 0 heterocycles. The van der Waals surface area contributed by atoms with Crippen molar-refractivity contribution in [1.29, 1.82) is 0 Å². The third-order valence-electron chi connectivity index (χ3n) is 4.16. The number of nitrogens with one attached hydrogen (secondary N) is 1. The summed E-state index contributed by atoms with van der Waals surface area (Å²) < 4.78 is 13.3. The minimum absolute atomic E-state index is 0. The monoisotopic (exact) mass is 498 g/mol. The van der Waals surface area contributed by atoms with Gasteiger partial charge in [0.25, 0.3) is 5.91 Å². The van der Waals surface area contributed by atoms with Crippen LogP contribution in [0.2, 0.25) is 0 Å². The molecule has 7 heteroatoms. The van der Waals surface area contributed by atoms with Crippen LogP contribution in [0.1, 0.15) is 21.5 Å². The van der Waals surface area contributed by atoms with E-state index in [4.69, 9.17) is 0 Å². The fourth-order valence-electron chi connectivity index (χ4n) is 2.81. The molecular formula is C21H28FIN4O.